The highest BCUT2D eigenvalue weighted by molar-refractivity contribution is 5.84. The lowest BCUT2D eigenvalue weighted by Gasteiger charge is -2.47. The van der Waals surface area contributed by atoms with Crippen molar-refractivity contribution in [3.05, 3.63) is 54.4 Å². The van der Waals surface area contributed by atoms with Crippen LogP contribution >= 0.6 is 0 Å². The number of hydrogen-bond donors (Lipinski definition) is 2. The lowest BCUT2D eigenvalue weighted by Crippen LogP contribution is -2.58. The Morgan fingerprint density at radius 3 is 2.77 bits per heavy atom. The normalized spacial score (nSPS) is 31.8. The van der Waals surface area contributed by atoms with Crippen LogP contribution in [-0.2, 0) is 0 Å². The summed E-state index contributed by atoms with van der Waals surface area (Å²) in [5, 5.41) is 8.03. The fourth-order valence-corrected chi connectivity index (χ4v) is 4.23. The summed E-state index contributed by atoms with van der Waals surface area (Å²) in [6, 6.07) is 1.82. The third-order valence-corrected chi connectivity index (χ3v) is 5.53. The van der Waals surface area contributed by atoms with Crippen LogP contribution in [0.25, 0.3) is 5.57 Å². The minimum atomic E-state index is 0.239. The Hall–Kier alpha value is -2.47. The summed E-state index contributed by atoms with van der Waals surface area (Å²) in [6.45, 7) is 7.57. The SMILES string of the molecule is C=C1/C(c2ncccn2)=C\N/N=C\C=C/1N1CCCC2(CCCCN2)C1. The number of rotatable bonds is 2. The quantitative estimate of drug-likeness (QED) is 0.858. The first-order chi connectivity index (χ1) is 12.8. The Morgan fingerprint density at radius 1 is 1.12 bits per heavy atom. The van der Waals surface area contributed by atoms with Crippen LogP contribution in [0.5, 0.6) is 0 Å². The number of aromatic nitrogens is 2. The molecule has 0 aliphatic carbocycles. The molecule has 6 nitrogen and oxygen atoms in total. The molecule has 2 N–H and O–H groups in total. The molecule has 6 heteroatoms. The summed E-state index contributed by atoms with van der Waals surface area (Å²) in [6.07, 6.45) is 15.5. The Morgan fingerprint density at radius 2 is 1.96 bits per heavy atom. The van der Waals surface area contributed by atoms with Gasteiger partial charge in [-0.3, -0.25) is 5.43 Å². The second-order valence-electron chi connectivity index (χ2n) is 7.26. The third-order valence-electron chi connectivity index (χ3n) is 5.53. The highest BCUT2D eigenvalue weighted by Gasteiger charge is 2.37. The molecule has 1 atom stereocenters. The number of hydrazone groups is 1. The van der Waals surface area contributed by atoms with Gasteiger partial charge in [-0.2, -0.15) is 5.10 Å². The van der Waals surface area contributed by atoms with Gasteiger partial charge in [-0.25, -0.2) is 9.97 Å². The molecule has 4 heterocycles. The van der Waals surface area contributed by atoms with E-state index < -0.39 is 0 Å². The molecular weight excluding hydrogens is 324 g/mol. The molecule has 4 rings (SSSR count). The van der Waals surface area contributed by atoms with Gasteiger partial charge in [-0.15, -0.1) is 0 Å². The largest absolute Gasteiger partial charge is 0.369 e. The molecule has 26 heavy (non-hydrogen) atoms. The van der Waals surface area contributed by atoms with Crippen LogP contribution in [0.4, 0.5) is 0 Å². The van der Waals surface area contributed by atoms with Gasteiger partial charge in [0.25, 0.3) is 0 Å². The molecule has 0 aromatic carbocycles. The summed E-state index contributed by atoms with van der Waals surface area (Å²) in [5.41, 5.74) is 6.10. The molecular formula is C20H26N6. The van der Waals surface area contributed by atoms with Crippen molar-refractivity contribution >= 4 is 11.8 Å². The maximum absolute atomic E-state index is 4.40. The molecule has 0 bridgehead atoms. The van der Waals surface area contributed by atoms with Gasteiger partial charge in [0.05, 0.1) is 0 Å². The van der Waals surface area contributed by atoms with Gasteiger partial charge in [-0.1, -0.05) is 13.0 Å². The van der Waals surface area contributed by atoms with Crippen LogP contribution in [0.2, 0.25) is 0 Å². The minimum Gasteiger partial charge on any atom is -0.369 e. The van der Waals surface area contributed by atoms with Gasteiger partial charge in [0.2, 0.25) is 0 Å². The molecule has 1 spiro atoms. The molecule has 2 saturated heterocycles. The Labute approximate surface area is 154 Å². The number of allylic oxidation sites excluding steroid dienone is 2. The predicted molar refractivity (Wildman–Crippen MR) is 104 cm³/mol. The van der Waals surface area contributed by atoms with Crippen molar-refractivity contribution < 1.29 is 0 Å². The predicted octanol–water partition coefficient (Wildman–Crippen LogP) is 2.45. The van der Waals surface area contributed by atoms with E-state index >= 15 is 0 Å². The number of likely N-dealkylation sites (tertiary alicyclic amines) is 1. The van der Waals surface area contributed by atoms with Crippen molar-refractivity contribution in [1.82, 2.24) is 25.6 Å². The summed E-state index contributed by atoms with van der Waals surface area (Å²) >= 11 is 0. The highest BCUT2D eigenvalue weighted by atomic mass is 15.3. The second kappa shape index (κ2) is 7.41. The van der Waals surface area contributed by atoms with E-state index in [1.807, 2.05) is 18.3 Å². The van der Waals surface area contributed by atoms with Crippen LogP contribution in [-0.4, -0.2) is 46.3 Å². The second-order valence-corrected chi connectivity index (χ2v) is 7.26. The zero-order valence-electron chi connectivity index (χ0n) is 15.1. The molecule has 0 radical (unpaired) electrons. The number of nitrogens with zero attached hydrogens (tertiary/aromatic N) is 4. The highest BCUT2D eigenvalue weighted by Crippen LogP contribution is 2.34. The molecule has 1 unspecified atom stereocenters. The standard InChI is InChI=1S/C20H26N6/c1-16-17(19-21-9-5-10-22-19)14-25-24-12-6-18(16)26-13-4-8-20(15-26)7-2-3-11-23-20/h5-6,9-10,12,14,23,25H,1-4,7-8,11,13,15H2/b17-14+,18-6+,24-12-. The van der Waals surface area contributed by atoms with Crippen molar-refractivity contribution in [2.75, 3.05) is 19.6 Å². The Kier molecular flexibility index (Phi) is 4.84. The first-order valence-corrected chi connectivity index (χ1v) is 9.44. The summed E-state index contributed by atoms with van der Waals surface area (Å²) in [4.78, 5) is 11.3. The zero-order valence-corrected chi connectivity index (χ0v) is 15.1. The first kappa shape index (κ1) is 17.0. The van der Waals surface area contributed by atoms with Crippen LogP contribution in [0, 0.1) is 0 Å². The van der Waals surface area contributed by atoms with Crippen LogP contribution in [0.3, 0.4) is 0 Å². The third kappa shape index (κ3) is 3.42. The molecule has 136 valence electrons. The molecule has 1 aromatic rings. The van der Waals surface area contributed by atoms with E-state index in [4.69, 9.17) is 0 Å². The fraction of sp³-hybridized carbons (Fsp3) is 0.450. The van der Waals surface area contributed by atoms with E-state index in [9.17, 15) is 0 Å². The van der Waals surface area contributed by atoms with E-state index in [2.05, 4.69) is 37.3 Å². The summed E-state index contributed by atoms with van der Waals surface area (Å²) in [7, 11) is 0. The lowest BCUT2D eigenvalue weighted by atomic mass is 9.81. The van der Waals surface area contributed by atoms with Crippen molar-refractivity contribution in [2.45, 2.75) is 37.6 Å². The molecule has 0 saturated carbocycles. The Balaban J connectivity index is 1.62. The fourth-order valence-electron chi connectivity index (χ4n) is 4.23. The van der Waals surface area contributed by atoms with Crippen LogP contribution in [0.15, 0.2) is 53.7 Å². The van der Waals surface area contributed by atoms with Gasteiger partial charge >= 0.3 is 0 Å². The van der Waals surface area contributed by atoms with E-state index in [0.29, 0.717) is 5.82 Å². The van der Waals surface area contributed by atoms with Crippen molar-refractivity contribution in [1.29, 1.82) is 0 Å². The average Bonchev–Trinajstić information content (AvgIpc) is 2.67. The molecule has 1 aromatic heterocycles. The van der Waals surface area contributed by atoms with Crippen molar-refractivity contribution in [3.8, 4) is 0 Å². The van der Waals surface area contributed by atoms with Crippen molar-refractivity contribution in [3.63, 3.8) is 0 Å². The van der Waals surface area contributed by atoms with E-state index in [0.717, 1.165) is 36.5 Å². The summed E-state index contributed by atoms with van der Waals surface area (Å²) in [5.74, 6) is 0.663. The Bertz CT molecular complexity index is 737. The monoisotopic (exact) mass is 350 g/mol. The molecule has 3 aliphatic heterocycles. The van der Waals surface area contributed by atoms with Crippen LogP contribution < -0.4 is 10.7 Å². The van der Waals surface area contributed by atoms with E-state index in [1.54, 1.807) is 18.6 Å². The summed E-state index contributed by atoms with van der Waals surface area (Å²) < 4.78 is 0. The van der Waals surface area contributed by atoms with Gasteiger partial charge < -0.3 is 10.2 Å². The topological polar surface area (TPSA) is 65.4 Å². The van der Waals surface area contributed by atoms with Gasteiger partial charge in [0.15, 0.2) is 5.82 Å². The number of piperidine rings is 2. The number of hydrogen-bond acceptors (Lipinski definition) is 6. The first-order valence-electron chi connectivity index (χ1n) is 9.44. The average molecular weight is 350 g/mol. The van der Waals surface area contributed by atoms with Gasteiger partial charge in [0, 0.05) is 60.3 Å². The molecule has 3 aliphatic rings. The molecule has 0 amide bonds. The minimum absolute atomic E-state index is 0.239. The van der Waals surface area contributed by atoms with Gasteiger partial charge in [0.1, 0.15) is 0 Å². The van der Waals surface area contributed by atoms with Gasteiger partial charge in [-0.05, 0) is 44.4 Å². The maximum atomic E-state index is 4.40. The van der Waals surface area contributed by atoms with Crippen LogP contribution in [0.1, 0.15) is 37.9 Å². The lowest BCUT2D eigenvalue weighted by molar-refractivity contribution is 0.125. The molecule has 2 fully saturated rings. The maximum Gasteiger partial charge on any atom is 0.161 e. The zero-order chi connectivity index (χ0) is 17.8. The van der Waals surface area contributed by atoms with E-state index in [1.165, 1.54) is 32.1 Å². The number of nitrogens with one attached hydrogen (secondary N) is 2. The smallest absolute Gasteiger partial charge is 0.161 e. The van der Waals surface area contributed by atoms with Crippen molar-refractivity contribution in [2.24, 2.45) is 5.10 Å². The van der Waals surface area contributed by atoms with E-state index in [-0.39, 0.29) is 5.54 Å².